The van der Waals surface area contributed by atoms with Gasteiger partial charge in [0.25, 0.3) is 0 Å². The molecule has 5 aliphatic rings. The zero-order chi connectivity index (χ0) is 16.3. The molecule has 2 aliphatic heterocycles. The molecule has 2 bridgehead atoms. The molecule has 0 amide bonds. The second-order valence-electron chi connectivity index (χ2n) is 10.4. The number of hydrogen-bond donors (Lipinski definition) is 0. The molecule has 0 aromatic rings. The smallest absolute Gasteiger partial charge is 0.215 e. The minimum atomic E-state index is -0.531. The second-order valence-corrected chi connectivity index (χ2v) is 10.4. The second kappa shape index (κ2) is 3.99. The van der Waals surface area contributed by atoms with Gasteiger partial charge >= 0.3 is 0 Å². The maximum absolute atomic E-state index is 6.60. The van der Waals surface area contributed by atoms with Crippen molar-refractivity contribution in [3.05, 3.63) is 0 Å². The lowest BCUT2D eigenvalue weighted by molar-refractivity contribution is -0.414. The molecule has 5 rings (SSSR count). The monoisotopic (exact) mass is 320 g/mol. The highest BCUT2D eigenvalue weighted by Gasteiger charge is 2.85. The Morgan fingerprint density at radius 1 is 0.913 bits per heavy atom. The zero-order valence-corrected chi connectivity index (χ0v) is 15.4. The Bertz CT molecular complexity index is 559. The molecule has 3 saturated carbocycles. The van der Waals surface area contributed by atoms with Gasteiger partial charge in [0.15, 0.2) is 6.29 Å². The Kier molecular flexibility index (Phi) is 2.63. The van der Waals surface area contributed by atoms with Crippen LogP contribution in [0, 0.1) is 33.5 Å². The van der Waals surface area contributed by atoms with E-state index < -0.39 is 5.79 Å². The highest BCUT2D eigenvalue weighted by molar-refractivity contribution is 5.27. The molecule has 2 heterocycles. The van der Waals surface area contributed by atoms with Gasteiger partial charge in [0, 0.05) is 17.3 Å². The van der Waals surface area contributed by atoms with Crippen molar-refractivity contribution in [2.45, 2.75) is 91.6 Å². The highest BCUT2D eigenvalue weighted by atomic mass is 17.3. The molecule has 7 atom stereocenters. The zero-order valence-electron chi connectivity index (χ0n) is 15.4. The van der Waals surface area contributed by atoms with Gasteiger partial charge in [0.2, 0.25) is 5.79 Å². The normalized spacial score (nSPS) is 62.7. The lowest BCUT2D eigenvalue weighted by atomic mass is 9.43. The molecule has 3 heteroatoms. The predicted molar refractivity (Wildman–Crippen MR) is 87.2 cm³/mol. The van der Waals surface area contributed by atoms with Crippen molar-refractivity contribution >= 4 is 0 Å². The number of hydrogen-bond acceptors (Lipinski definition) is 3. The van der Waals surface area contributed by atoms with E-state index in [1.807, 2.05) is 0 Å². The van der Waals surface area contributed by atoms with Crippen LogP contribution in [0.1, 0.15) is 79.6 Å². The number of rotatable bonds is 0. The van der Waals surface area contributed by atoms with Gasteiger partial charge in [0.1, 0.15) is 0 Å². The van der Waals surface area contributed by atoms with Crippen LogP contribution < -0.4 is 0 Å². The van der Waals surface area contributed by atoms with Gasteiger partial charge < -0.3 is 4.74 Å². The fourth-order valence-electron chi connectivity index (χ4n) is 8.55. The van der Waals surface area contributed by atoms with Crippen molar-refractivity contribution in [1.29, 1.82) is 0 Å². The Morgan fingerprint density at radius 3 is 2.48 bits per heavy atom. The van der Waals surface area contributed by atoms with Crippen LogP contribution in [0.5, 0.6) is 0 Å². The molecule has 3 nitrogen and oxygen atoms in total. The summed E-state index contributed by atoms with van der Waals surface area (Å²) in [6, 6.07) is 0. The number of fused-ring (bicyclic) bond motifs is 1. The van der Waals surface area contributed by atoms with E-state index in [4.69, 9.17) is 14.5 Å². The van der Waals surface area contributed by atoms with Crippen LogP contribution in [0.15, 0.2) is 0 Å². The average molecular weight is 320 g/mol. The van der Waals surface area contributed by atoms with Gasteiger partial charge in [-0.05, 0) is 54.8 Å². The summed E-state index contributed by atoms with van der Waals surface area (Å²) < 4.78 is 6.60. The summed E-state index contributed by atoms with van der Waals surface area (Å²) in [6.45, 7) is 12.2. The van der Waals surface area contributed by atoms with Crippen LogP contribution in [0.4, 0.5) is 0 Å². The molecular weight excluding hydrogens is 288 g/mol. The van der Waals surface area contributed by atoms with Crippen LogP contribution in [-0.2, 0) is 14.5 Å². The van der Waals surface area contributed by atoms with Crippen molar-refractivity contribution < 1.29 is 14.5 Å². The molecule has 0 aromatic heterocycles. The summed E-state index contributed by atoms with van der Waals surface area (Å²) in [7, 11) is 0. The van der Waals surface area contributed by atoms with E-state index in [1.165, 1.54) is 38.5 Å². The van der Waals surface area contributed by atoms with E-state index in [0.29, 0.717) is 10.8 Å². The summed E-state index contributed by atoms with van der Waals surface area (Å²) in [5.74, 6) is 0.980. The molecule has 0 radical (unpaired) electrons. The maximum atomic E-state index is 6.60. The fraction of sp³-hybridized carbons (Fsp3) is 1.00. The van der Waals surface area contributed by atoms with E-state index in [9.17, 15) is 0 Å². The third-order valence-corrected chi connectivity index (χ3v) is 9.42. The Hall–Kier alpha value is -0.120. The molecule has 3 spiro atoms. The quantitative estimate of drug-likeness (QED) is 0.585. The van der Waals surface area contributed by atoms with Crippen LogP contribution >= 0.6 is 0 Å². The van der Waals surface area contributed by atoms with Crippen LogP contribution in [0.2, 0.25) is 0 Å². The molecule has 2 saturated heterocycles. The predicted octanol–water partition coefficient (Wildman–Crippen LogP) is 5.05. The first kappa shape index (κ1) is 15.2. The molecule has 0 unspecified atom stereocenters. The van der Waals surface area contributed by atoms with Crippen molar-refractivity contribution in [1.82, 2.24) is 0 Å². The minimum Gasteiger partial charge on any atom is -0.314 e. The summed E-state index contributed by atoms with van der Waals surface area (Å²) in [4.78, 5) is 12.0. The van der Waals surface area contributed by atoms with E-state index in [0.717, 1.165) is 18.3 Å². The third kappa shape index (κ3) is 1.29. The Morgan fingerprint density at radius 2 is 1.70 bits per heavy atom. The van der Waals surface area contributed by atoms with E-state index in [1.54, 1.807) is 0 Å². The summed E-state index contributed by atoms with van der Waals surface area (Å²) in [5.41, 5.74) is 0.887. The Balaban J connectivity index is 1.79. The van der Waals surface area contributed by atoms with Gasteiger partial charge in [-0.2, -0.15) is 4.89 Å². The highest BCUT2D eigenvalue weighted by Crippen LogP contribution is 2.84. The summed E-state index contributed by atoms with van der Waals surface area (Å²) >= 11 is 0. The van der Waals surface area contributed by atoms with E-state index >= 15 is 0 Å². The molecule has 0 N–H and O–H groups in total. The van der Waals surface area contributed by atoms with Crippen LogP contribution in [-0.4, -0.2) is 12.1 Å². The van der Waals surface area contributed by atoms with Crippen molar-refractivity contribution in [2.24, 2.45) is 33.5 Å². The standard InChI is InChI=1S/C20H32O3/c1-13-11-17(5)9-10-18-8-6-7-16(3,4)20(18)21-15(22-23-20)12-19(17,18)14(13)2/h13-15H,6-12H2,1-5H3/t13-,14-,15+,17-,18+,19+,20-/m1/s1. The van der Waals surface area contributed by atoms with Crippen molar-refractivity contribution in [3.63, 3.8) is 0 Å². The van der Waals surface area contributed by atoms with Gasteiger partial charge in [-0.3, -0.25) is 0 Å². The minimum absolute atomic E-state index is 0.0181. The lowest BCUT2D eigenvalue weighted by Gasteiger charge is -2.66. The number of ether oxygens (including phenoxy) is 1. The van der Waals surface area contributed by atoms with E-state index in [-0.39, 0.29) is 17.1 Å². The molecule has 5 fully saturated rings. The van der Waals surface area contributed by atoms with Gasteiger partial charge in [0.05, 0.1) is 0 Å². The van der Waals surface area contributed by atoms with Crippen LogP contribution in [0.25, 0.3) is 0 Å². The molecule has 130 valence electrons. The van der Waals surface area contributed by atoms with Gasteiger partial charge in [-0.1, -0.05) is 41.0 Å². The largest absolute Gasteiger partial charge is 0.314 e. The SMILES string of the molecule is C[C@@H]1C[C@@]2(C)CC[C@]34CCCC(C)(C)[C@@]35OO[C@@H](C[C@]24[C@@H]1C)O5. The first-order valence-corrected chi connectivity index (χ1v) is 9.76. The Labute approximate surface area is 140 Å². The lowest BCUT2D eigenvalue weighted by Crippen LogP contribution is -2.70. The molecule has 0 aromatic carbocycles. The first-order chi connectivity index (χ1) is 10.7. The fourth-order valence-corrected chi connectivity index (χ4v) is 8.55. The first-order valence-electron chi connectivity index (χ1n) is 9.76. The average Bonchev–Trinajstić information content (AvgIpc) is 3.03. The van der Waals surface area contributed by atoms with Crippen molar-refractivity contribution in [3.8, 4) is 0 Å². The van der Waals surface area contributed by atoms with Crippen LogP contribution in [0.3, 0.4) is 0 Å². The maximum Gasteiger partial charge on any atom is 0.215 e. The topological polar surface area (TPSA) is 27.7 Å². The third-order valence-electron chi connectivity index (χ3n) is 9.42. The van der Waals surface area contributed by atoms with E-state index in [2.05, 4.69) is 34.6 Å². The molecule has 3 aliphatic carbocycles. The van der Waals surface area contributed by atoms with Gasteiger partial charge in [-0.15, -0.1) is 0 Å². The van der Waals surface area contributed by atoms with Crippen molar-refractivity contribution in [2.75, 3.05) is 0 Å². The summed E-state index contributed by atoms with van der Waals surface area (Å²) in [5, 5.41) is 0. The summed E-state index contributed by atoms with van der Waals surface area (Å²) in [6.07, 6.45) is 8.53. The molecular formula is C20H32O3. The van der Waals surface area contributed by atoms with Gasteiger partial charge in [-0.25, -0.2) is 4.89 Å². The molecule has 23 heavy (non-hydrogen) atoms.